The molecule has 1 rings (SSSR count). The molecule has 0 unspecified atom stereocenters. The molecule has 0 aliphatic carbocycles. The Labute approximate surface area is 85.1 Å². The van der Waals surface area contributed by atoms with Crippen LogP contribution in [0, 0.1) is 5.41 Å². The van der Waals surface area contributed by atoms with Crippen LogP contribution in [0.15, 0.2) is 0 Å². The Morgan fingerprint density at radius 1 is 1.50 bits per heavy atom. The maximum Gasteiger partial charge on any atom is 0.407 e. The number of hydrogen-bond donors (Lipinski definition) is 2. The van der Waals surface area contributed by atoms with Crippen molar-refractivity contribution in [2.24, 2.45) is 11.1 Å². The minimum Gasteiger partial charge on any atom is -0.465 e. The number of amides is 1. The van der Waals surface area contributed by atoms with E-state index in [0.29, 0.717) is 18.5 Å². The summed E-state index contributed by atoms with van der Waals surface area (Å²) in [5.74, 6) is 0. The zero-order valence-corrected chi connectivity index (χ0v) is 8.83. The first kappa shape index (κ1) is 11.3. The number of carbonyl (C=O) groups is 1. The monoisotopic (exact) mass is 200 g/mol. The molecule has 0 bridgehead atoms. The van der Waals surface area contributed by atoms with Crippen LogP contribution in [-0.4, -0.2) is 35.7 Å². The van der Waals surface area contributed by atoms with Gasteiger partial charge in [0.1, 0.15) is 0 Å². The van der Waals surface area contributed by atoms with Gasteiger partial charge in [0.25, 0.3) is 0 Å². The van der Waals surface area contributed by atoms with Gasteiger partial charge in [0.2, 0.25) is 0 Å². The average molecular weight is 200 g/mol. The third-order valence-electron chi connectivity index (χ3n) is 3.23. The number of hydrogen-bond acceptors (Lipinski definition) is 2. The quantitative estimate of drug-likeness (QED) is 0.725. The van der Waals surface area contributed by atoms with Gasteiger partial charge in [-0.3, -0.25) is 0 Å². The number of nitrogens with two attached hydrogens (primary N) is 1. The predicted molar refractivity (Wildman–Crippen MR) is 55.2 cm³/mol. The van der Waals surface area contributed by atoms with E-state index in [1.807, 2.05) is 0 Å². The van der Waals surface area contributed by atoms with Gasteiger partial charge in [0.15, 0.2) is 0 Å². The van der Waals surface area contributed by atoms with Crippen molar-refractivity contribution >= 4 is 6.09 Å². The molecule has 1 fully saturated rings. The van der Waals surface area contributed by atoms with Crippen molar-refractivity contribution in [1.29, 1.82) is 0 Å². The largest absolute Gasteiger partial charge is 0.465 e. The maximum absolute atomic E-state index is 10.7. The molecule has 0 atom stereocenters. The number of rotatable bonds is 3. The Morgan fingerprint density at radius 2 is 2.07 bits per heavy atom. The third-order valence-corrected chi connectivity index (χ3v) is 3.23. The van der Waals surface area contributed by atoms with Crippen molar-refractivity contribution < 1.29 is 9.90 Å². The van der Waals surface area contributed by atoms with E-state index in [2.05, 4.69) is 6.92 Å². The summed E-state index contributed by atoms with van der Waals surface area (Å²) >= 11 is 0. The molecule has 1 aliphatic heterocycles. The molecular weight excluding hydrogens is 180 g/mol. The fourth-order valence-corrected chi connectivity index (χ4v) is 2.02. The van der Waals surface area contributed by atoms with Crippen molar-refractivity contribution in [3.8, 4) is 0 Å². The molecule has 4 heteroatoms. The SMILES string of the molecule is CC1(CCCN)CCN(C(=O)O)CC1. The van der Waals surface area contributed by atoms with Gasteiger partial charge >= 0.3 is 6.09 Å². The summed E-state index contributed by atoms with van der Waals surface area (Å²) in [6.07, 6.45) is 3.32. The summed E-state index contributed by atoms with van der Waals surface area (Å²) in [4.78, 5) is 12.2. The van der Waals surface area contributed by atoms with Crippen LogP contribution in [0.4, 0.5) is 4.79 Å². The van der Waals surface area contributed by atoms with Gasteiger partial charge in [-0.15, -0.1) is 0 Å². The molecular formula is C10H20N2O2. The Morgan fingerprint density at radius 3 is 2.50 bits per heavy atom. The smallest absolute Gasteiger partial charge is 0.407 e. The molecule has 82 valence electrons. The second-order valence-corrected chi connectivity index (χ2v) is 4.47. The lowest BCUT2D eigenvalue weighted by atomic mass is 9.77. The highest BCUT2D eigenvalue weighted by atomic mass is 16.4. The van der Waals surface area contributed by atoms with Crippen LogP contribution in [0.25, 0.3) is 0 Å². The van der Waals surface area contributed by atoms with Crippen molar-refractivity contribution in [3.63, 3.8) is 0 Å². The molecule has 0 spiro atoms. The number of nitrogens with zero attached hydrogens (tertiary/aromatic N) is 1. The molecule has 3 N–H and O–H groups in total. The highest BCUT2D eigenvalue weighted by Gasteiger charge is 2.30. The fraction of sp³-hybridized carbons (Fsp3) is 0.900. The average Bonchev–Trinajstić information content (AvgIpc) is 2.16. The molecule has 1 aliphatic rings. The van der Waals surface area contributed by atoms with Crippen LogP contribution in [0.1, 0.15) is 32.6 Å². The number of piperidine rings is 1. The highest BCUT2D eigenvalue weighted by Crippen LogP contribution is 2.35. The van der Waals surface area contributed by atoms with Gasteiger partial charge in [-0.2, -0.15) is 0 Å². The maximum atomic E-state index is 10.7. The predicted octanol–water partition coefficient (Wildman–Crippen LogP) is 1.51. The molecule has 0 aromatic carbocycles. The van der Waals surface area contributed by atoms with E-state index in [4.69, 9.17) is 10.8 Å². The molecule has 0 saturated carbocycles. The Kier molecular flexibility index (Phi) is 3.75. The van der Waals surface area contributed by atoms with Crippen LogP contribution in [-0.2, 0) is 0 Å². The number of likely N-dealkylation sites (tertiary alicyclic amines) is 1. The van der Waals surface area contributed by atoms with E-state index in [1.165, 1.54) is 4.90 Å². The minimum absolute atomic E-state index is 0.311. The van der Waals surface area contributed by atoms with Crippen LogP contribution < -0.4 is 5.73 Å². The fourth-order valence-electron chi connectivity index (χ4n) is 2.02. The van der Waals surface area contributed by atoms with Crippen molar-refractivity contribution in [2.75, 3.05) is 19.6 Å². The zero-order chi connectivity index (χ0) is 10.6. The van der Waals surface area contributed by atoms with Gasteiger partial charge in [0.05, 0.1) is 0 Å². The van der Waals surface area contributed by atoms with Gasteiger partial charge in [0, 0.05) is 13.1 Å². The normalized spacial score (nSPS) is 20.9. The van der Waals surface area contributed by atoms with Crippen molar-refractivity contribution in [1.82, 2.24) is 4.90 Å². The minimum atomic E-state index is -0.786. The van der Waals surface area contributed by atoms with Gasteiger partial charge in [-0.05, 0) is 37.6 Å². The van der Waals surface area contributed by atoms with Crippen LogP contribution in [0.2, 0.25) is 0 Å². The lowest BCUT2D eigenvalue weighted by Gasteiger charge is -2.38. The lowest BCUT2D eigenvalue weighted by molar-refractivity contribution is 0.0926. The van der Waals surface area contributed by atoms with E-state index in [1.54, 1.807) is 0 Å². The molecule has 0 aromatic heterocycles. The Balaban J connectivity index is 2.36. The zero-order valence-electron chi connectivity index (χ0n) is 8.83. The second-order valence-electron chi connectivity index (χ2n) is 4.47. The molecule has 1 amide bonds. The summed E-state index contributed by atoms with van der Waals surface area (Å²) in [6, 6.07) is 0. The third kappa shape index (κ3) is 2.87. The summed E-state index contributed by atoms with van der Waals surface area (Å²) in [5.41, 5.74) is 5.79. The lowest BCUT2D eigenvalue weighted by Crippen LogP contribution is -2.41. The molecule has 0 radical (unpaired) electrons. The molecule has 1 heterocycles. The summed E-state index contributed by atoms with van der Waals surface area (Å²) in [6.45, 7) is 4.33. The Bertz CT molecular complexity index is 198. The summed E-state index contributed by atoms with van der Waals surface area (Å²) in [5, 5.41) is 8.79. The molecule has 4 nitrogen and oxygen atoms in total. The standard InChI is InChI=1S/C10H20N2O2/c1-10(3-2-6-11)4-7-12(8-5-10)9(13)14/h2-8,11H2,1H3,(H,13,14). The molecule has 1 saturated heterocycles. The van der Waals surface area contributed by atoms with Crippen LogP contribution in [0.3, 0.4) is 0 Å². The molecule has 0 aromatic rings. The van der Waals surface area contributed by atoms with E-state index in [-0.39, 0.29) is 0 Å². The first-order valence-electron chi connectivity index (χ1n) is 5.25. The first-order valence-corrected chi connectivity index (χ1v) is 5.25. The summed E-state index contributed by atoms with van der Waals surface area (Å²) in [7, 11) is 0. The highest BCUT2D eigenvalue weighted by molar-refractivity contribution is 5.65. The van der Waals surface area contributed by atoms with Crippen molar-refractivity contribution in [2.45, 2.75) is 32.6 Å². The molecule has 14 heavy (non-hydrogen) atoms. The number of carboxylic acid groups (broad SMARTS) is 1. The van der Waals surface area contributed by atoms with Crippen LogP contribution in [0.5, 0.6) is 0 Å². The van der Waals surface area contributed by atoms with Gasteiger partial charge in [-0.25, -0.2) is 4.79 Å². The van der Waals surface area contributed by atoms with E-state index in [9.17, 15) is 4.79 Å². The van der Waals surface area contributed by atoms with E-state index in [0.717, 1.165) is 32.2 Å². The Hall–Kier alpha value is -0.770. The summed E-state index contributed by atoms with van der Waals surface area (Å²) < 4.78 is 0. The second kappa shape index (κ2) is 4.64. The first-order chi connectivity index (χ1) is 6.57. The van der Waals surface area contributed by atoms with E-state index < -0.39 is 6.09 Å². The van der Waals surface area contributed by atoms with E-state index >= 15 is 0 Å². The van der Waals surface area contributed by atoms with Gasteiger partial charge in [-0.1, -0.05) is 6.92 Å². The van der Waals surface area contributed by atoms with Gasteiger partial charge < -0.3 is 15.7 Å². The van der Waals surface area contributed by atoms with Crippen molar-refractivity contribution in [3.05, 3.63) is 0 Å². The topological polar surface area (TPSA) is 66.6 Å². The van der Waals surface area contributed by atoms with Crippen LogP contribution >= 0.6 is 0 Å².